The van der Waals surface area contributed by atoms with Gasteiger partial charge in [-0.1, -0.05) is 398 Å². The lowest BCUT2D eigenvalue weighted by molar-refractivity contribution is -0.143. The molecule has 0 aromatic heterocycles. The van der Waals surface area contributed by atoms with Crippen molar-refractivity contribution >= 4 is 11.9 Å². The Balaban J connectivity index is 3.32. The number of amides is 1. The molecule has 6 nitrogen and oxygen atoms in total. The number of esters is 1. The molecule has 2 atom stereocenters. The lowest BCUT2D eigenvalue weighted by Gasteiger charge is -2.20. The number of carbonyl (C=O) groups is 2. The van der Waals surface area contributed by atoms with Gasteiger partial charge in [-0.25, -0.2) is 0 Å². The Labute approximate surface area is 508 Å². The van der Waals surface area contributed by atoms with E-state index >= 15 is 0 Å². The van der Waals surface area contributed by atoms with Crippen molar-refractivity contribution in [2.75, 3.05) is 13.2 Å². The van der Waals surface area contributed by atoms with E-state index in [0.717, 1.165) is 38.5 Å². The summed E-state index contributed by atoms with van der Waals surface area (Å²) >= 11 is 0. The van der Waals surface area contributed by atoms with Gasteiger partial charge in [-0.2, -0.15) is 0 Å². The number of aliphatic hydroxyl groups is 2. The summed E-state index contributed by atoms with van der Waals surface area (Å²) in [5.41, 5.74) is 0. The van der Waals surface area contributed by atoms with E-state index in [4.69, 9.17) is 4.74 Å². The summed E-state index contributed by atoms with van der Waals surface area (Å²) in [6, 6.07) is -0.624. The monoisotopic (exact) mass is 1140 g/mol. The van der Waals surface area contributed by atoms with Gasteiger partial charge in [0.05, 0.1) is 25.4 Å². The van der Waals surface area contributed by atoms with E-state index in [9.17, 15) is 19.8 Å². The number of carbonyl (C=O) groups excluding carboxylic acids is 2. The molecule has 0 spiro atoms. The fourth-order valence-electron chi connectivity index (χ4n) is 12.1. The average molecular weight is 1140 g/mol. The van der Waals surface area contributed by atoms with Crippen molar-refractivity contribution in [3.05, 3.63) is 12.2 Å². The maximum absolute atomic E-state index is 12.5. The minimum Gasteiger partial charge on any atom is -0.466 e. The highest BCUT2D eigenvalue weighted by atomic mass is 16.5. The molecule has 0 heterocycles. The minimum atomic E-state index is -0.841. The molecule has 81 heavy (non-hydrogen) atoms. The van der Waals surface area contributed by atoms with Crippen molar-refractivity contribution < 1.29 is 24.5 Å². The van der Waals surface area contributed by atoms with E-state index in [0.29, 0.717) is 19.4 Å². The fourth-order valence-corrected chi connectivity index (χ4v) is 12.1. The first kappa shape index (κ1) is 79.6. The lowest BCUT2D eigenvalue weighted by Crippen LogP contribution is -2.45. The van der Waals surface area contributed by atoms with Gasteiger partial charge in [0.1, 0.15) is 0 Å². The molecule has 3 N–H and O–H groups in total. The van der Waals surface area contributed by atoms with E-state index in [1.54, 1.807) is 6.08 Å². The number of hydrogen-bond acceptors (Lipinski definition) is 5. The Hall–Kier alpha value is -1.40. The number of nitrogens with one attached hydrogen (secondary N) is 1. The molecule has 0 fully saturated rings. The maximum atomic E-state index is 12.5. The largest absolute Gasteiger partial charge is 0.466 e. The predicted octanol–water partition coefficient (Wildman–Crippen LogP) is 24.3. The number of hydrogen-bond donors (Lipinski definition) is 3. The molecule has 1 amide bonds. The molecule has 0 aromatic carbocycles. The van der Waals surface area contributed by atoms with Crippen LogP contribution in [0.2, 0.25) is 0 Å². The zero-order valence-corrected chi connectivity index (χ0v) is 55.3. The topological polar surface area (TPSA) is 95.9 Å². The summed E-state index contributed by atoms with van der Waals surface area (Å²) in [6.07, 6.45) is 88.9. The summed E-state index contributed by atoms with van der Waals surface area (Å²) in [5.74, 6) is -0.0352. The predicted molar refractivity (Wildman–Crippen MR) is 357 cm³/mol. The molecular formula is C75H147NO5. The first-order chi connectivity index (χ1) is 40.0. The second-order valence-corrected chi connectivity index (χ2v) is 26.0. The van der Waals surface area contributed by atoms with Gasteiger partial charge >= 0.3 is 5.97 Å². The van der Waals surface area contributed by atoms with E-state index < -0.39 is 12.1 Å². The van der Waals surface area contributed by atoms with E-state index in [-0.39, 0.29) is 18.5 Å². The number of allylic oxidation sites excluding steroid dienone is 1. The molecule has 0 saturated carbocycles. The van der Waals surface area contributed by atoms with Crippen molar-refractivity contribution in [1.82, 2.24) is 5.32 Å². The highest BCUT2D eigenvalue weighted by Gasteiger charge is 2.18. The lowest BCUT2D eigenvalue weighted by atomic mass is 10.0. The quantitative estimate of drug-likeness (QED) is 0.0320. The van der Waals surface area contributed by atoms with Crippen LogP contribution in [-0.2, 0) is 14.3 Å². The molecule has 482 valence electrons. The van der Waals surface area contributed by atoms with Crippen LogP contribution >= 0.6 is 0 Å². The number of aliphatic hydroxyl groups excluding tert-OH is 2. The second-order valence-electron chi connectivity index (χ2n) is 26.0. The fraction of sp³-hybridized carbons (Fsp3) is 0.947. The van der Waals surface area contributed by atoms with Gasteiger partial charge in [-0.15, -0.1) is 0 Å². The summed E-state index contributed by atoms with van der Waals surface area (Å²) in [7, 11) is 0. The van der Waals surface area contributed by atoms with E-state index in [2.05, 4.69) is 19.2 Å². The van der Waals surface area contributed by atoms with Crippen LogP contribution in [0, 0.1) is 0 Å². The molecule has 0 bridgehead atoms. The Morgan fingerprint density at radius 3 is 0.840 bits per heavy atom. The maximum Gasteiger partial charge on any atom is 0.305 e. The Bertz CT molecular complexity index is 1220. The summed E-state index contributed by atoms with van der Waals surface area (Å²) in [6.45, 7) is 4.96. The van der Waals surface area contributed by atoms with E-state index in [1.165, 1.54) is 366 Å². The third-order valence-corrected chi connectivity index (χ3v) is 17.8. The average Bonchev–Trinajstić information content (AvgIpc) is 3.47. The third kappa shape index (κ3) is 67.6. The van der Waals surface area contributed by atoms with E-state index in [1.807, 2.05) is 6.08 Å². The zero-order chi connectivity index (χ0) is 58.5. The molecule has 0 radical (unpaired) electrons. The van der Waals surface area contributed by atoms with Crippen molar-refractivity contribution in [2.45, 2.75) is 443 Å². The number of unbranched alkanes of at least 4 members (excludes halogenated alkanes) is 60. The smallest absolute Gasteiger partial charge is 0.305 e. The highest BCUT2D eigenvalue weighted by molar-refractivity contribution is 5.76. The van der Waals surface area contributed by atoms with Crippen LogP contribution < -0.4 is 5.32 Å². The molecule has 6 heteroatoms. The van der Waals surface area contributed by atoms with Crippen LogP contribution in [-0.4, -0.2) is 47.4 Å². The SMILES string of the molecule is CCCCCCCCCCCCCCCC/C=C/C(O)C(CO)NC(=O)CCCCCCCCCCCCCCCCCCCCCCCCCCCCCCCCOC(=O)CCCCCCCCCCCCCCCCCCCC. The number of rotatable bonds is 71. The van der Waals surface area contributed by atoms with Gasteiger partial charge in [0.15, 0.2) is 0 Å². The van der Waals surface area contributed by atoms with Gasteiger partial charge in [0.2, 0.25) is 5.91 Å². The van der Waals surface area contributed by atoms with Crippen LogP contribution in [0.5, 0.6) is 0 Å². The summed E-state index contributed by atoms with van der Waals surface area (Å²) < 4.78 is 5.52. The van der Waals surface area contributed by atoms with Crippen molar-refractivity contribution in [3.63, 3.8) is 0 Å². The van der Waals surface area contributed by atoms with Crippen LogP contribution in [0.15, 0.2) is 12.2 Å². The van der Waals surface area contributed by atoms with Gasteiger partial charge in [-0.05, 0) is 32.1 Å². The molecule has 0 saturated heterocycles. The van der Waals surface area contributed by atoms with Crippen LogP contribution in [0.25, 0.3) is 0 Å². The standard InChI is InChI=1S/C75H147NO5/c1-3-5-7-9-11-13-15-17-19-21-37-41-45-49-53-57-61-65-69-75(80)81-70-66-62-58-54-50-46-42-38-35-33-31-29-27-25-23-22-24-26-28-30-32-34-36-40-44-48-52-56-60-64-68-74(79)76-72(71-77)73(78)67-63-59-55-51-47-43-39-20-18-16-14-12-10-8-6-4-2/h63,67,72-73,77-78H,3-62,64-66,68-71H2,1-2H3,(H,76,79)/b67-63+. The van der Waals surface area contributed by atoms with Gasteiger partial charge < -0.3 is 20.3 Å². The van der Waals surface area contributed by atoms with Gasteiger partial charge in [0.25, 0.3) is 0 Å². The van der Waals surface area contributed by atoms with Crippen molar-refractivity contribution in [1.29, 1.82) is 0 Å². The Morgan fingerprint density at radius 2 is 0.568 bits per heavy atom. The normalized spacial score (nSPS) is 12.5. The third-order valence-electron chi connectivity index (χ3n) is 17.8. The zero-order valence-electron chi connectivity index (χ0n) is 55.3. The minimum absolute atomic E-state index is 0.0253. The first-order valence-electron chi connectivity index (χ1n) is 37.5. The first-order valence-corrected chi connectivity index (χ1v) is 37.5. The summed E-state index contributed by atoms with van der Waals surface area (Å²) in [4.78, 5) is 24.6. The summed E-state index contributed by atoms with van der Waals surface area (Å²) in [5, 5.41) is 23.2. The Kier molecular flexibility index (Phi) is 69.9. The molecule has 0 aromatic rings. The molecular weight excluding hydrogens is 995 g/mol. The molecule has 0 aliphatic heterocycles. The molecule has 2 unspecified atom stereocenters. The Morgan fingerprint density at radius 1 is 0.333 bits per heavy atom. The van der Waals surface area contributed by atoms with Crippen LogP contribution in [0.1, 0.15) is 431 Å². The second kappa shape index (κ2) is 71.1. The van der Waals surface area contributed by atoms with Gasteiger partial charge in [-0.3, -0.25) is 9.59 Å². The molecule has 0 aliphatic rings. The van der Waals surface area contributed by atoms with Crippen LogP contribution in [0.3, 0.4) is 0 Å². The van der Waals surface area contributed by atoms with Gasteiger partial charge in [0, 0.05) is 12.8 Å². The highest BCUT2D eigenvalue weighted by Crippen LogP contribution is 2.20. The molecule has 0 rings (SSSR count). The molecule has 0 aliphatic carbocycles. The van der Waals surface area contributed by atoms with Crippen molar-refractivity contribution in [3.8, 4) is 0 Å². The van der Waals surface area contributed by atoms with Crippen molar-refractivity contribution in [2.24, 2.45) is 0 Å². The van der Waals surface area contributed by atoms with Crippen LogP contribution in [0.4, 0.5) is 0 Å². The number of ether oxygens (including phenoxy) is 1.